The highest BCUT2D eigenvalue weighted by molar-refractivity contribution is 9.10. The van der Waals surface area contributed by atoms with Crippen molar-refractivity contribution in [3.05, 3.63) is 75.2 Å². The van der Waals surface area contributed by atoms with Crippen molar-refractivity contribution in [1.29, 1.82) is 0 Å². The molecule has 3 aromatic rings. The maximum absolute atomic E-state index is 12.1. The quantitative estimate of drug-likeness (QED) is 0.606. The van der Waals surface area contributed by atoms with Crippen LogP contribution in [0.3, 0.4) is 0 Å². The number of carbonyl (C=O) groups is 2. The third-order valence-corrected chi connectivity index (χ3v) is 4.88. The molecule has 0 unspecified atom stereocenters. The summed E-state index contributed by atoms with van der Waals surface area (Å²) in [6.45, 7) is 0. The molecule has 0 saturated heterocycles. The van der Waals surface area contributed by atoms with Crippen LogP contribution in [0, 0.1) is 0 Å². The molecule has 0 radical (unpaired) electrons. The van der Waals surface area contributed by atoms with Gasteiger partial charge in [0.15, 0.2) is 5.78 Å². The first-order valence-corrected chi connectivity index (χ1v) is 9.20. The van der Waals surface area contributed by atoms with E-state index >= 15 is 0 Å². The van der Waals surface area contributed by atoms with Gasteiger partial charge in [-0.05, 0) is 24.3 Å². The van der Waals surface area contributed by atoms with Gasteiger partial charge in [0.2, 0.25) is 5.13 Å². The number of carbonyl (C=O) groups excluding carboxylic acids is 2. The first kappa shape index (κ1) is 17.4. The summed E-state index contributed by atoms with van der Waals surface area (Å²) < 4.78 is 0.908. The molecule has 0 atom stereocenters. The molecule has 0 fully saturated rings. The van der Waals surface area contributed by atoms with Gasteiger partial charge in [0.25, 0.3) is 5.91 Å². The minimum Gasteiger partial charge on any atom is -0.296 e. The van der Waals surface area contributed by atoms with Crippen molar-refractivity contribution in [2.24, 2.45) is 0 Å². The lowest BCUT2D eigenvalue weighted by molar-refractivity contribution is 0.0981. The van der Waals surface area contributed by atoms with Crippen molar-refractivity contribution in [3.8, 4) is 0 Å². The summed E-state index contributed by atoms with van der Waals surface area (Å²) >= 11 is 4.61. The molecule has 2 aromatic carbocycles. The van der Waals surface area contributed by atoms with E-state index < -0.39 is 0 Å². The second-order valence-corrected chi connectivity index (χ2v) is 7.23. The number of rotatable bonds is 6. The summed E-state index contributed by atoms with van der Waals surface area (Å²) in [4.78, 5) is 24.2. The molecule has 0 aliphatic rings. The molecule has 1 aromatic heterocycles. The maximum atomic E-state index is 12.1. The van der Waals surface area contributed by atoms with Crippen molar-refractivity contribution >= 4 is 44.1 Å². The van der Waals surface area contributed by atoms with Gasteiger partial charge < -0.3 is 0 Å². The monoisotopic (exact) mass is 415 g/mol. The lowest BCUT2D eigenvalue weighted by atomic mass is 10.1. The topological polar surface area (TPSA) is 72.0 Å². The van der Waals surface area contributed by atoms with Crippen LogP contribution >= 0.6 is 27.3 Å². The number of anilines is 1. The minimum absolute atomic E-state index is 0.0660. The number of aromatic nitrogens is 2. The number of Topliss-reactive ketones (excluding diaryl/α,β-unsaturated/α-hetero) is 1. The largest absolute Gasteiger partial charge is 0.296 e. The number of nitrogens with one attached hydrogen (secondary N) is 1. The maximum Gasteiger partial charge on any atom is 0.257 e. The van der Waals surface area contributed by atoms with E-state index in [0.717, 1.165) is 9.48 Å². The van der Waals surface area contributed by atoms with Crippen LogP contribution in [-0.4, -0.2) is 21.9 Å². The van der Waals surface area contributed by atoms with Gasteiger partial charge in [0.05, 0.1) is 0 Å². The highest BCUT2D eigenvalue weighted by Crippen LogP contribution is 2.19. The van der Waals surface area contributed by atoms with Crippen molar-refractivity contribution in [2.75, 3.05) is 5.32 Å². The molecule has 126 valence electrons. The van der Waals surface area contributed by atoms with E-state index in [4.69, 9.17) is 0 Å². The Labute approximate surface area is 157 Å². The number of nitrogens with zero attached hydrogens (tertiary/aromatic N) is 2. The lowest BCUT2D eigenvalue weighted by Crippen LogP contribution is -2.11. The van der Waals surface area contributed by atoms with E-state index in [1.54, 1.807) is 36.4 Å². The van der Waals surface area contributed by atoms with Crippen LogP contribution in [0.25, 0.3) is 0 Å². The summed E-state index contributed by atoms with van der Waals surface area (Å²) in [5.74, 6) is -0.174. The van der Waals surface area contributed by atoms with Gasteiger partial charge in [-0.2, -0.15) is 0 Å². The molecular formula is C18H14BrN3O2S. The van der Waals surface area contributed by atoms with Gasteiger partial charge in [0.1, 0.15) is 5.01 Å². The first-order valence-electron chi connectivity index (χ1n) is 7.59. The number of ketones is 1. The molecule has 0 aliphatic carbocycles. The fourth-order valence-electron chi connectivity index (χ4n) is 2.16. The second kappa shape index (κ2) is 8.13. The van der Waals surface area contributed by atoms with Crippen molar-refractivity contribution < 1.29 is 9.59 Å². The summed E-state index contributed by atoms with van der Waals surface area (Å²) in [5.41, 5.74) is 1.23. The third kappa shape index (κ3) is 4.80. The Bertz CT molecular complexity index is 879. The molecule has 3 rings (SSSR count). The summed E-state index contributed by atoms with van der Waals surface area (Å²) in [6, 6.07) is 16.2. The first-order chi connectivity index (χ1) is 12.1. The molecule has 0 spiro atoms. The van der Waals surface area contributed by atoms with Gasteiger partial charge in [-0.15, -0.1) is 10.2 Å². The van der Waals surface area contributed by atoms with Gasteiger partial charge in [-0.3, -0.25) is 14.9 Å². The Kier molecular flexibility index (Phi) is 5.67. The normalized spacial score (nSPS) is 10.4. The summed E-state index contributed by atoms with van der Waals surface area (Å²) in [6.07, 6.45) is 0.860. The predicted molar refractivity (Wildman–Crippen MR) is 101 cm³/mol. The molecule has 0 aliphatic heterocycles. The average Bonchev–Trinajstić information content (AvgIpc) is 3.08. The van der Waals surface area contributed by atoms with Crippen molar-refractivity contribution in [3.63, 3.8) is 0 Å². The van der Waals surface area contributed by atoms with Gasteiger partial charge in [0, 0.05) is 28.4 Å². The predicted octanol–water partition coefficient (Wildman–Crippen LogP) is 4.37. The molecule has 1 heterocycles. The van der Waals surface area contributed by atoms with Crippen LogP contribution in [0.1, 0.15) is 32.1 Å². The van der Waals surface area contributed by atoms with Crippen LogP contribution in [0.15, 0.2) is 59.1 Å². The van der Waals surface area contributed by atoms with Crippen molar-refractivity contribution in [2.45, 2.75) is 12.8 Å². The second-order valence-electron chi connectivity index (χ2n) is 5.25. The molecular weight excluding hydrogens is 402 g/mol. The standard InChI is InChI=1S/C18H14BrN3O2S/c19-14-8-6-13(7-9-14)17(24)20-18-22-21-16(25-18)11-10-15(23)12-4-2-1-3-5-12/h1-9H,10-11H2,(H,20,22,24). The highest BCUT2D eigenvalue weighted by atomic mass is 79.9. The number of hydrogen-bond donors (Lipinski definition) is 1. The fourth-order valence-corrected chi connectivity index (χ4v) is 3.16. The average molecular weight is 416 g/mol. The van der Waals surface area contributed by atoms with E-state index in [0.29, 0.717) is 29.1 Å². The molecule has 0 bridgehead atoms. The van der Waals surface area contributed by atoms with Crippen LogP contribution in [0.5, 0.6) is 0 Å². The minimum atomic E-state index is -0.240. The number of amides is 1. The van der Waals surface area contributed by atoms with Crippen LogP contribution in [0.4, 0.5) is 5.13 Å². The molecule has 7 heteroatoms. The van der Waals surface area contributed by atoms with Gasteiger partial charge in [-0.1, -0.05) is 57.6 Å². The van der Waals surface area contributed by atoms with Gasteiger partial charge in [-0.25, -0.2) is 0 Å². The molecule has 0 saturated carbocycles. The highest BCUT2D eigenvalue weighted by Gasteiger charge is 2.12. The van der Waals surface area contributed by atoms with Crippen LogP contribution < -0.4 is 5.32 Å². The Morgan fingerprint density at radius 3 is 2.40 bits per heavy atom. The molecule has 5 nitrogen and oxygen atoms in total. The Hall–Kier alpha value is -2.38. The number of hydrogen-bond acceptors (Lipinski definition) is 5. The zero-order chi connectivity index (χ0) is 17.6. The fraction of sp³-hybridized carbons (Fsp3) is 0.111. The Morgan fingerprint density at radius 1 is 0.960 bits per heavy atom. The van der Waals surface area contributed by atoms with Crippen LogP contribution in [0.2, 0.25) is 0 Å². The number of halogens is 1. The number of benzene rings is 2. The van der Waals surface area contributed by atoms with Gasteiger partial charge >= 0.3 is 0 Å². The molecule has 1 N–H and O–H groups in total. The SMILES string of the molecule is O=C(CCc1nnc(NC(=O)c2ccc(Br)cc2)s1)c1ccccc1. The van der Waals surface area contributed by atoms with Crippen molar-refractivity contribution in [1.82, 2.24) is 10.2 Å². The van der Waals surface area contributed by atoms with E-state index in [2.05, 4.69) is 31.4 Å². The van der Waals surface area contributed by atoms with E-state index in [-0.39, 0.29) is 11.7 Å². The lowest BCUT2D eigenvalue weighted by Gasteiger charge is -2.01. The zero-order valence-electron chi connectivity index (χ0n) is 13.1. The molecule has 25 heavy (non-hydrogen) atoms. The van der Waals surface area contributed by atoms with E-state index in [1.807, 2.05) is 18.2 Å². The molecule has 1 amide bonds. The smallest absolute Gasteiger partial charge is 0.257 e. The third-order valence-electron chi connectivity index (χ3n) is 3.46. The number of aryl methyl sites for hydroxylation is 1. The van der Waals surface area contributed by atoms with E-state index in [1.165, 1.54) is 11.3 Å². The summed E-state index contributed by atoms with van der Waals surface area (Å²) in [7, 11) is 0. The summed E-state index contributed by atoms with van der Waals surface area (Å²) in [5, 5.41) is 11.9. The van der Waals surface area contributed by atoms with Crippen LogP contribution in [-0.2, 0) is 6.42 Å². The Balaban J connectivity index is 1.56. The Morgan fingerprint density at radius 2 is 1.68 bits per heavy atom. The zero-order valence-corrected chi connectivity index (χ0v) is 15.5. The van der Waals surface area contributed by atoms with E-state index in [9.17, 15) is 9.59 Å².